The van der Waals surface area contributed by atoms with Gasteiger partial charge in [-0.25, -0.2) is 8.42 Å². The summed E-state index contributed by atoms with van der Waals surface area (Å²) in [5.74, 6) is -0.0605. The van der Waals surface area contributed by atoms with Crippen LogP contribution in [0.25, 0.3) is 0 Å². The molecular formula is C20H26N2O3S2. The molecular weight excluding hydrogens is 380 g/mol. The van der Waals surface area contributed by atoms with Gasteiger partial charge in [-0.2, -0.15) is 4.31 Å². The molecule has 1 fully saturated rings. The predicted molar refractivity (Wildman–Crippen MR) is 108 cm³/mol. The number of sulfonamides is 1. The van der Waals surface area contributed by atoms with Gasteiger partial charge in [-0.3, -0.25) is 4.79 Å². The molecule has 0 atom stereocenters. The highest BCUT2D eigenvalue weighted by Crippen LogP contribution is 2.26. The van der Waals surface area contributed by atoms with Crippen LogP contribution in [-0.2, 0) is 27.8 Å². The summed E-state index contributed by atoms with van der Waals surface area (Å²) in [4.78, 5) is 13.0. The molecule has 27 heavy (non-hydrogen) atoms. The number of hydrogen-bond acceptors (Lipinski definition) is 4. The first-order valence-electron chi connectivity index (χ1n) is 9.37. The van der Waals surface area contributed by atoms with E-state index < -0.39 is 10.0 Å². The second-order valence-corrected chi connectivity index (χ2v) is 10.3. The Morgan fingerprint density at radius 3 is 2.48 bits per heavy atom. The van der Waals surface area contributed by atoms with Crippen molar-refractivity contribution in [3.8, 4) is 0 Å². The van der Waals surface area contributed by atoms with Crippen molar-refractivity contribution in [2.45, 2.75) is 49.8 Å². The van der Waals surface area contributed by atoms with Gasteiger partial charge in [0.05, 0.1) is 13.0 Å². The number of rotatable bonds is 6. The quantitative estimate of drug-likeness (QED) is 0.799. The number of thiophene rings is 1. The van der Waals surface area contributed by atoms with Gasteiger partial charge in [0.1, 0.15) is 4.21 Å². The molecule has 0 spiro atoms. The van der Waals surface area contributed by atoms with Gasteiger partial charge in [-0.05, 0) is 43.0 Å². The maximum absolute atomic E-state index is 12.8. The molecule has 1 aliphatic heterocycles. The average molecular weight is 407 g/mol. The first-order chi connectivity index (χ1) is 13.0. The van der Waals surface area contributed by atoms with Crippen molar-refractivity contribution in [2.24, 2.45) is 0 Å². The summed E-state index contributed by atoms with van der Waals surface area (Å²) in [6, 6.07) is 11.3. The summed E-state index contributed by atoms with van der Waals surface area (Å²) < 4.78 is 27.6. The summed E-state index contributed by atoms with van der Waals surface area (Å²) in [6.07, 6.45) is 4.36. The third-order valence-corrected chi connectivity index (χ3v) is 8.32. The molecule has 2 heterocycles. The minimum absolute atomic E-state index is 0.0605. The van der Waals surface area contributed by atoms with E-state index in [1.165, 1.54) is 11.3 Å². The molecule has 1 N–H and O–H groups in total. The Morgan fingerprint density at radius 2 is 1.78 bits per heavy atom. The van der Waals surface area contributed by atoms with Gasteiger partial charge < -0.3 is 5.32 Å². The molecule has 1 amide bonds. The lowest BCUT2D eigenvalue weighted by Gasteiger charge is -2.18. The number of benzene rings is 1. The molecule has 0 unspecified atom stereocenters. The van der Waals surface area contributed by atoms with Crippen LogP contribution in [0.5, 0.6) is 0 Å². The monoisotopic (exact) mass is 406 g/mol. The van der Waals surface area contributed by atoms with E-state index in [-0.39, 0.29) is 5.91 Å². The molecule has 0 radical (unpaired) electrons. The van der Waals surface area contributed by atoms with Crippen molar-refractivity contribution in [1.29, 1.82) is 0 Å². The second kappa shape index (κ2) is 8.99. The van der Waals surface area contributed by atoms with Crippen LogP contribution >= 0.6 is 11.3 Å². The molecule has 0 aliphatic carbocycles. The number of nitrogens with zero attached hydrogens (tertiary/aromatic N) is 1. The van der Waals surface area contributed by atoms with E-state index in [0.717, 1.165) is 41.7 Å². The van der Waals surface area contributed by atoms with Crippen LogP contribution in [0.4, 0.5) is 0 Å². The largest absolute Gasteiger partial charge is 0.351 e. The van der Waals surface area contributed by atoms with Gasteiger partial charge in [0, 0.05) is 18.0 Å². The highest BCUT2D eigenvalue weighted by Gasteiger charge is 2.26. The smallest absolute Gasteiger partial charge is 0.252 e. The van der Waals surface area contributed by atoms with E-state index in [4.69, 9.17) is 0 Å². The summed E-state index contributed by atoms with van der Waals surface area (Å²) in [5, 5.41) is 2.89. The Kier molecular flexibility index (Phi) is 6.68. The second-order valence-electron chi connectivity index (χ2n) is 6.92. The molecule has 0 bridgehead atoms. The minimum atomic E-state index is -3.42. The topological polar surface area (TPSA) is 66.5 Å². The molecule has 1 saturated heterocycles. The summed E-state index contributed by atoms with van der Waals surface area (Å²) in [5.41, 5.74) is 2.10. The first-order valence-corrected chi connectivity index (χ1v) is 11.6. The fraction of sp³-hybridized carbons (Fsp3) is 0.450. The van der Waals surface area contributed by atoms with Gasteiger partial charge in [0.25, 0.3) is 10.0 Å². The third kappa shape index (κ3) is 5.18. The maximum Gasteiger partial charge on any atom is 0.252 e. The van der Waals surface area contributed by atoms with E-state index >= 15 is 0 Å². The van der Waals surface area contributed by atoms with E-state index in [0.29, 0.717) is 30.3 Å². The number of carbonyl (C=O) groups excluding carboxylic acids is 1. The molecule has 5 nitrogen and oxygen atoms in total. The Balaban J connectivity index is 1.59. The van der Waals surface area contributed by atoms with Crippen LogP contribution in [0, 0.1) is 6.92 Å². The number of amides is 1. The van der Waals surface area contributed by atoms with Gasteiger partial charge in [0.15, 0.2) is 0 Å². The van der Waals surface area contributed by atoms with Gasteiger partial charge in [-0.1, -0.05) is 37.1 Å². The minimum Gasteiger partial charge on any atom is -0.351 e. The molecule has 2 aromatic rings. The fourth-order valence-electron chi connectivity index (χ4n) is 3.23. The predicted octanol–water partition coefficient (Wildman–Crippen LogP) is 3.48. The zero-order chi connectivity index (χ0) is 19.3. The average Bonchev–Trinajstić information content (AvgIpc) is 2.96. The number of carbonyl (C=O) groups is 1. The molecule has 7 heteroatoms. The first kappa shape index (κ1) is 20.0. The van der Waals surface area contributed by atoms with Crippen molar-refractivity contribution in [3.63, 3.8) is 0 Å². The third-order valence-electron chi connectivity index (χ3n) is 4.87. The van der Waals surface area contributed by atoms with E-state index in [9.17, 15) is 13.2 Å². The lowest BCUT2D eigenvalue weighted by atomic mass is 10.1. The molecule has 1 aromatic heterocycles. The van der Waals surface area contributed by atoms with Crippen LogP contribution in [0.15, 0.2) is 40.6 Å². The van der Waals surface area contributed by atoms with Gasteiger partial charge in [-0.15, -0.1) is 11.3 Å². The maximum atomic E-state index is 12.8. The molecule has 1 aromatic carbocycles. The van der Waals surface area contributed by atoms with Crippen molar-refractivity contribution in [1.82, 2.24) is 9.62 Å². The Bertz CT molecular complexity index is 882. The number of hydrogen-bond donors (Lipinski definition) is 1. The normalized spacial score (nSPS) is 16.0. The van der Waals surface area contributed by atoms with Gasteiger partial charge >= 0.3 is 0 Å². The lowest BCUT2D eigenvalue weighted by molar-refractivity contribution is -0.120. The van der Waals surface area contributed by atoms with Crippen LogP contribution in [-0.4, -0.2) is 31.7 Å². The zero-order valence-corrected chi connectivity index (χ0v) is 17.2. The molecule has 1 aliphatic rings. The number of aryl methyl sites for hydroxylation is 1. The van der Waals surface area contributed by atoms with Crippen molar-refractivity contribution >= 4 is 27.3 Å². The van der Waals surface area contributed by atoms with E-state index in [1.54, 1.807) is 16.4 Å². The van der Waals surface area contributed by atoms with Crippen molar-refractivity contribution in [3.05, 3.63) is 52.4 Å². The summed E-state index contributed by atoms with van der Waals surface area (Å²) in [6.45, 7) is 3.54. The molecule has 146 valence electrons. The zero-order valence-electron chi connectivity index (χ0n) is 15.6. The van der Waals surface area contributed by atoms with Crippen molar-refractivity contribution < 1.29 is 13.2 Å². The summed E-state index contributed by atoms with van der Waals surface area (Å²) >= 11 is 1.25. The van der Waals surface area contributed by atoms with Gasteiger partial charge in [0.2, 0.25) is 5.91 Å². The van der Waals surface area contributed by atoms with E-state index in [1.807, 2.05) is 31.2 Å². The highest BCUT2D eigenvalue weighted by molar-refractivity contribution is 7.91. The molecule has 0 saturated carbocycles. The number of nitrogens with one attached hydrogen (secondary N) is 1. The lowest BCUT2D eigenvalue weighted by Crippen LogP contribution is -2.31. The SMILES string of the molecule is Cc1ccccc1CC(=O)NCc1ccc(S(=O)(=O)N2CCCCCC2)s1. The standard InChI is InChI=1S/C20H26N2O3S2/c1-16-8-4-5-9-17(16)14-19(23)21-15-18-10-11-20(26-18)27(24,25)22-12-6-2-3-7-13-22/h4-5,8-11H,2-3,6-7,12-15H2,1H3,(H,21,23). The Labute approximate surface area is 165 Å². The molecule has 3 rings (SSSR count). The Hall–Kier alpha value is -1.70. The van der Waals surface area contributed by atoms with Crippen LogP contribution in [0.2, 0.25) is 0 Å². The van der Waals surface area contributed by atoms with Crippen LogP contribution in [0.1, 0.15) is 41.7 Å². The highest BCUT2D eigenvalue weighted by atomic mass is 32.2. The fourth-order valence-corrected chi connectivity index (χ4v) is 6.20. The van der Waals surface area contributed by atoms with Crippen molar-refractivity contribution in [2.75, 3.05) is 13.1 Å². The Morgan fingerprint density at radius 1 is 1.07 bits per heavy atom. The van der Waals surface area contributed by atoms with E-state index in [2.05, 4.69) is 5.32 Å². The summed E-state index contributed by atoms with van der Waals surface area (Å²) in [7, 11) is -3.42. The van der Waals surface area contributed by atoms with Crippen LogP contribution in [0.3, 0.4) is 0 Å². The van der Waals surface area contributed by atoms with Crippen LogP contribution < -0.4 is 5.32 Å².